The first-order valence-electron chi connectivity index (χ1n) is 7.66. The van der Waals surface area contributed by atoms with E-state index in [0.29, 0.717) is 29.5 Å². The van der Waals surface area contributed by atoms with Gasteiger partial charge in [-0.05, 0) is 18.2 Å². The van der Waals surface area contributed by atoms with Gasteiger partial charge in [-0.3, -0.25) is 4.79 Å². The van der Waals surface area contributed by atoms with Crippen LogP contribution in [0, 0.1) is 5.82 Å². The third-order valence-electron chi connectivity index (χ3n) is 3.45. The molecule has 0 atom stereocenters. The first kappa shape index (κ1) is 18.4. The molecule has 1 amide bonds. The Labute approximate surface area is 145 Å². The minimum atomic E-state index is -0.395. The average molecular weight is 348 g/mol. The topological polar surface area (TPSA) is 68.8 Å². The number of carbonyl (C=O) groups excluding carboxylic acids is 1. The summed E-state index contributed by atoms with van der Waals surface area (Å²) >= 11 is 0. The van der Waals surface area contributed by atoms with Crippen LogP contribution in [-0.2, 0) is 4.79 Å². The van der Waals surface area contributed by atoms with Gasteiger partial charge in [-0.25, -0.2) is 4.39 Å². The van der Waals surface area contributed by atoms with E-state index in [2.05, 4.69) is 10.6 Å². The smallest absolute Gasteiger partial charge is 0.226 e. The second kappa shape index (κ2) is 8.77. The molecule has 0 aliphatic rings. The van der Waals surface area contributed by atoms with Crippen molar-refractivity contribution in [2.75, 3.05) is 38.5 Å². The minimum Gasteiger partial charge on any atom is -0.493 e. The predicted octanol–water partition coefficient (Wildman–Crippen LogP) is 3.29. The second-order valence-corrected chi connectivity index (χ2v) is 5.15. The van der Waals surface area contributed by atoms with Crippen LogP contribution < -0.4 is 24.8 Å². The molecule has 0 spiro atoms. The van der Waals surface area contributed by atoms with Crippen LogP contribution in [0.1, 0.15) is 6.42 Å². The molecule has 2 aromatic carbocycles. The molecular formula is C18H21FN2O4. The molecule has 0 heterocycles. The zero-order chi connectivity index (χ0) is 18.2. The number of hydrogen-bond acceptors (Lipinski definition) is 5. The number of rotatable bonds is 8. The number of halogens is 1. The summed E-state index contributed by atoms with van der Waals surface area (Å²) in [5.41, 5.74) is 1.16. The van der Waals surface area contributed by atoms with Gasteiger partial charge in [0.15, 0.2) is 11.5 Å². The number of carbonyl (C=O) groups is 1. The lowest BCUT2D eigenvalue weighted by molar-refractivity contribution is -0.115. The van der Waals surface area contributed by atoms with E-state index in [-0.39, 0.29) is 12.3 Å². The van der Waals surface area contributed by atoms with Gasteiger partial charge in [-0.15, -0.1) is 0 Å². The molecule has 0 saturated carbocycles. The maximum atomic E-state index is 13.1. The van der Waals surface area contributed by atoms with E-state index in [1.807, 2.05) is 0 Å². The number of nitrogens with one attached hydrogen (secondary N) is 2. The highest BCUT2D eigenvalue weighted by Crippen LogP contribution is 2.39. The highest BCUT2D eigenvalue weighted by atomic mass is 19.1. The van der Waals surface area contributed by atoms with E-state index in [1.54, 1.807) is 24.3 Å². The Kier molecular flexibility index (Phi) is 6.45. The summed E-state index contributed by atoms with van der Waals surface area (Å²) in [6.45, 7) is 0.389. The number of ether oxygens (including phenoxy) is 3. The molecule has 0 fully saturated rings. The maximum absolute atomic E-state index is 13.1. The summed E-state index contributed by atoms with van der Waals surface area (Å²) in [5, 5.41) is 5.77. The van der Waals surface area contributed by atoms with Crippen molar-refractivity contribution in [2.24, 2.45) is 0 Å². The quantitative estimate of drug-likeness (QED) is 0.766. The fourth-order valence-electron chi connectivity index (χ4n) is 2.29. The van der Waals surface area contributed by atoms with Gasteiger partial charge in [0.25, 0.3) is 0 Å². The van der Waals surface area contributed by atoms with Crippen molar-refractivity contribution in [3.63, 3.8) is 0 Å². The van der Waals surface area contributed by atoms with E-state index in [4.69, 9.17) is 14.2 Å². The largest absolute Gasteiger partial charge is 0.493 e. The van der Waals surface area contributed by atoms with Crippen molar-refractivity contribution in [3.8, 4) is 17.2 Å². The minimum absolute atomic E-state index is 0.215. The lowest BCUT2D eigenvalue weighted by Gasteiger charge is -2.15. The van der Waals surface area contributed by atoms with Crippen LogP contribution >= 0.6 is 0 Å². The number of amides is 1. The molecule has 0 saturated heterocycles. The average Bonchev–Trinajstić information content (AvgIpc) is 2.60. The van der Waals surface area contributed by atoms with Crippen LogP contribution in [0.4, 0.5) is 15.8 Å². The lowest BCUT2D eigenvalue weighted by Crippen LogP contribution is -2.16. The van der Waals surface area contributed by atoms with E-state index in [9.17, 15) is 9.18 Å². The van der Waals surface area contributed by atoms with Crippen LogP contribution in [0.25, 0.3) is 0 Å². The van der Waals surface area contributed by atoms with Gasteiger partial charge in [-0.2, -0.15) is 0 Å². The highest BCUT2D eigenvalue weighted by Gasteiger charge is 2.13. The molecule has 0 bridgehead atoms. The van der Waals surface area contributed by atoms with Gasteiger partial charge in [0.1, 0.15) is 5.82 Å². The Morgan fingerprint density at radius 2 is 1.68 bits per heavy atom. The lowest BCUT2D eigenvalue weighted by atomic mass is 10.2. The van der Waals surface area contributed by atoms with Crippen LogP contribution in [-0.4, -0.2) is 33.8 Å². The molecule has 134 valence electrons. The Morgan fingerprint density at radius 1 is 1.00 bits per heavy atom. The fourth-order valence-corrected chi connectivity index (χ4v) is 2.29. The normalized spacial score (nSPS) is 10.1. The van der Waals surface area contributed by atoms with E-state index in [0.717, 1.165) is 5.69 Å². The molecule has 2 rings (SSSR count). The zero-order valence-electron chi connectivity index (χ0n) is 14.4. The number of hydrogen-bond donors (Lipinski definition) is 2. The van der Waals surface area contributed by atoms with E-state index < -0.39 is 5.82 Å². The number of benzene rings is 2. The van der Waals surface area contributed by atoms with Crippen molar-refractivity contribution in [2.45, 2.75) is 6.42 Å². The van der Waals surface area contributed by atoms with Gasteiger partial charge < -0.3 is 24.8 Å². The predicted molar refractivity (Wildman–Crippen MR) is 94.2 cm³/mol. The molecule has 0 aliphatic heterocycles. The molecule has 6 nitrogen and oxygen atoms in total. The summed E-state index contributed by atoms with van der Waals surface area (Å²) < 4.78 is 28.9. The van der Waals surface area contributed by atoms with E-state index >= 15 is 0 Å². The van der Waals surface area contributed by atoms with Crippen LogP contribution in [0.3, 0.4) is 0 Å². The molecule has 0 unspecified atom stereocenters. The third kappa shape index (κ3) is 5.00. The van der Waals surface area contributed by atoms with Crippen LogP contribution in [0.15, 0.2) is 36.4 Å². The van der Waals surface area contributed by atoms with Gasteiger partial charge >= 0.3 is 0 Å². The van der Waals surface area contributed by atoms with Crippen molar-refractivity contribution >= 4 is 17.3 Å². The number of anilines is 2. The maximum Gasteiger partial charge on any atom is 0.226 e. The highest BCUT2D eigenvalue weighted by molar-refractivity contribution is 5.91. The second-order valence-electron chi connectivity index (χ2n) is 5.15. The Balaban J connectivity index is 1.93. The Hall–Kier alpha value is -2.96. The number of methoxy groups -OCH3 is 3. The molecule has 0 aliphatic carbocycles. The fraction of sp³-hybridized carbons (Fsp3) is 0.278. The van der Waals surface area contributed by atoms with Gasteiger partial charge in [-0.1, -0.05) is 6.07 Å². The standard InChI is InChI=1S/C18H21FN2O4/c1-23-15-10-14(11-16(24-2)18(15)25-3)20-8-7-17(22)21-13-6-4-5-12(19)9-13/h4-6,9-11,20H,7-8H2,1-3H3,(H,21,22). The van der Waals surface area contributed by atoms with Crippen LogP contribution in [0.2, 0.25) is 0 Å². The van der Waals surface area contributed by atoms with E-state index in [1.165, 1.54) is 33.5 Å². The van der Waals surface area contributed by atoms with Crippen molar-refractivity contribution in [1.29, 1.82) is 0 Å². The van der Waals surface area contributed by atoms with Gasteiger partial charge in [0.05, 0.1) is 21.3 Å². The SMILES string of the molecule is COc1cc(NCCC(=O)Nc2cccc(F)c2)cc(OC)c1OC. The first-order valence-corrected chi connectivity index (χ1v) is 7.66. The molecule has 0 aromatic heterocycles. The summed E-state index contributed by atoms with van der Waals surface area (Å²) in [6.07, 6.45) is 0.215. The first-order chi connectivity index (χ1) is 12.1. The summed E-state index contributed by atoms with van der Waals surface area (Å²) in [5.74, 6) is 0.931. The van der Waals surface area contributed by atoms with Crippen molar-refractivity contribution in [1.82, 2.24) is 0 Å². The molecular weight excluding hydrogens is 327 g/mol. The summed E-state index contributed by atoms with van der Waals surface area (Å²) in [7, 11) is 4.60. The molecule has 25 heavy (non-hydrogen) atoms. The molecule has 2 aromatic rings. The third-order valence-corrected chi connectivity index (χ3v) is 3.45. The van der Waals surface area contributed by atoms with Gasteiger partial charge in [0.2, 0.25) is 11.7 Å². The monoisotopic (exact) mass is 348 g/mol. The Morgan fingerprint density at radius 3 is 2.24 bits per heavy atom. The van der Waals surface area contributed by atoms with Crippen molar-refractivity contribution < 1.29 is 23.4 Å². The van der Waals surface area contributed by atoms with Gasteiger partial charge in [0, 0.05) is 36.5 Å². The Bertz CT molecular complexity index is 712. The van der Waals surface area contributed by atoms with Crippen molar-refractivity contribution in [3.05, 3.63) is 42.2 Å². The molecule has 2 N–H and O–H groups in total. The molecule has 7 heteroatoms. The van der Waals surface area contributed by atoms with Crippen LogP contribution in [0.5, 0.6) is 17.2 Å². The summed E-state index contributed by atoms with van der Waals surface area (Å²) in [6, 6.07) is 9.27. The molecule has 0 radical (unpaired) electrons. The zero-order valence-corrected chi connectivity index (χ0v) is 14.4. The summed E-state index contributed by atoms with van der Waals surface area (Å²) in [4.78, 5) is 11.9.